The van der Waals surface area contributed by atoms with Crippen LogP contribution >= 0.6 is 0 Å². The van der Waals surface area contributed by atoms with Crippen molar-refractivity contribution in [2.24, 2.45) is 0 Å². The van der Waals surface area contributed by atoms with E-state index in [1.807, 2.05) is 13.8 Å². The molecule has 5 nitrogen and oxygen atoms in total. The fourth-order valence-corrected chi connectivity index (χ4v) is 1.43. The Labute approximate surface area is 101 Å². The van der Waals surface area contributed by atoms with Crippen LogP contribution in [0, 0.1) is 0 Å². The number of carbonyl (C=O) groups is 1. The second kappa shape index (κ2) is 6.20. The van der Waals surface area contributed by atoms with E-state index in [9.17, 15) is 9.90 Å². The van der Waals surface area contributed by atoms with Crippen molar-refractivity contribution in [2.45, 2.75) is 32.9 Å². The van der Waals surface area contributed by atoms with Crippen LogP contribution < -0.4 is 5.32 Å². The minimum atomic E-state index is -0.549. The maximum atomic E-state index is 12.0. The average molecular weight is 237 g/mol. The van der Waals surface area contributed by atoms with Crippen LogP contribution in [0.1, 0.15) is 20.8 Å². The number of nitrogens with zero attached hydrogens (tertiary/aromatic N) is 2. The maximum absolute atomic E-state index is 12.0. The number of aliphatic hydroxyl groups excluding tert-OH is 1. The van der Waals surface area contributed by atoms with Crippen LogP contribution in [0.5, 0.6) is 0 Å². The van der Waals surface area contributed by atoms with Gasteiger partial charge >= 0.3 is 6.03 Å². The molecule has 17 heavy (non-hydrogen) atoms. The minimum absolute atomic E-state index is 0.0216. The van der Waals surface area contributed by atoms with Gasteiger partial charge in [0.2, 0.25) is 0 Å². The van der Waals surface area contributed by atoms with Gasteiger partial charge in [0.1, 0.15) is 5.82 Å². The molecule has 1 unspecified atom stereocenters. The first-order valence-electron chi connectivity index (χ1n) is 5.67. The fourth-order valence-electron chi connectivity index (χ4n) is 1.43. The highest BCUT2D eigenvalue weighted by Crippen LogP contribution is 2.06. The summed E-state index contributed by atoms with van der Waals surface area (Å²) in [5.41, 5.74) is 0. The Morgan fingerprint density at radius 3 is 2.65 bits per heavy atom. The summed E-state index contributed by atoms with van der Waals surface area (Å²) in [7, 11) is 0. The molecule has 0 bridgehead atoms. The molecule has 0 fully saturated rings. The number of aliphatic hydroxyl groups is 1. The van der Waals surface area contributed by atoms with Gasteiger partial charge in [-0.15, -0.1) is 0 Å². The van der Waals surface area contributed by atoms with E-state index in [1.165, 1.54) is 0 Å². The van der Waals surface area contributed by atoms with Crippen molar-refractivity contribution >= 4 is 11.8 Å². The number of hydrogen-bond donors (Lipinski definition) is 2. The maximum Gasteiger partial charge on any atom is 0.323 e. The lowest BCUT2D eigenvalue weighted by Crippen LogP contribution is -2.43. The summed E-state index contributed by atoms with van der Waals surface area (Å²) in [4.78, 5) is 17.5. The number of pyridine rings is 1. The Hall–Kier alpha value is -1.62. The van der Waals surface area contributed by atoms with E-state index in [1.54, 1.807) is 36.2 Å². The third-order valence-electron chi connectivity index (χ3n) is 2.25. The van der Waals surface area contributed by atoms with Gasteiger partial charge in [0.05, 0.1) is 6.10 Å². The van der Waals surface area contributed by atoms with E-state index in [2.05, 4.69) is 10.3 Å². The van der Waals surface area contributed by atoms with Crippen molar-refractivity contribution < 1.29 is 9.90 Å². The van der Waals surface area contributed by atoms with Crippen LogP contribution in [-0.2, 0) is 0 Å². The van der Waals surface area contributed by atoms with Crippen molar-refractivity contribution in [1.82, 2.24) is 9.88 Å². The molecule has 1 aromatic heterocycles. The molecule has 2 N–H and O–H groups in total. The number of nitrogens with one attached hydrogen (secondary N) is 1. The molecule has 1 aromatic rings. The smallest absolute Gasteiger partial charge is 0.323 e. The molecule has 0 aliphatic rings. The Kier molecular flexibility index (Phi) is 4.90. The molecule has 0 spiro atoms. The third kappa shape index (κ3) is 4.40. The summed E-state index contributed by atoms with van der Waals surface area (Å²) in [6.07, 6.45) is 1.07. The lowest BCUT2D eigenvalue weighted by Gasteiger charge is -2.27. The Morgan fingerprint density at radius 2 is 2.18 bits per heavy atom. The third-order valence-corrected chi connectivity index (χ3v) is 2.25. The van der Waals surface area contributed by atoms with Crippen LogP contribution in [0.3, 0.4) is 0 Å². The van der Waals surface area contributed by atoms with Crippen LogP contribution in [-0.4, -0.2) is 39.7 Å². The van der Waals surface area contributed by atoms with Crippen LogP contribution in [0.25, 0.3) is 0 Å². The molecule has 5 heteroatoms. The van der Waals surface area contributed by atoms with E-state index in [0.717, 1.165) is 0 Å². The first-order chi connectivity index (χ1) is 8.00. The predicted molar refractivity (Wildman–Crippen MR) is 66.8 cm³/mol. The number of carbonyl (C=O) groups excluding carboxylic acids is 1. The van der Waals surface area contributed by atoms with Gasteiger partial charge in [0.25, 0.3) is 0 Å². The standard InChI is InChI=1S/C12H19N3O2/c1-9(2)15(8-10(3)16)12(17)14-11-6-4-5-7-13-11/h4-7,9-10,16H,8H2,1-3H3,(H,13,14,17). The Balaban J connectivity index is 2.66. The molecule has 94 valence electrons. The van der Waals surface area contributed by atoms with E-state index in [0.29, 0.717) is 12.4 Å². The van der Waals surface area contributed by atoms with Gasteiger partial charge < -0.3 is 10.0 Å². The fraction of sp³-hybridized carbons (Fsp3) is 0.500. The second-order valence-corrected chi connectivity index (χ2v) is 4.24. The number of amides is 2. The number of rotatable bonds is 4. The topological polar surface area (TPSA) is 65.5 Å². The quantitative estimate of drug-likeness (QED) is 0.837. The highest BCUT2D eigenvalue weighted by molar-refractivity contribution is 5.88. The number of hydrogen-bond acceptors (Lipinski definition) is 3. The Bertz CT molecular complexity index is 352. The molecule has 0 aliphatic carbocycles. The van der Waals surface area contributed by atoms with E-state index < -0.39 is 6.10 Å². The molecule has 1 rings (SSSR count). The normalized spacial score (nSPS) is 12.3. The average Bonchev–Trinajstić information content (AvgIpc) is 2.26. The molecule has 0 aliphatic heterocycles. The molecule has 2 amide bonds. The number of urea groups is 1. The van der Waals surface area contributed by atoms with Crippen LogP contribution in [0.2, 0.25) is 0 Å². The first-order valence-corrected chi connectivity index (χ1v) is 5.67. The molecular formula is C12H19N3O2. The molecule has 0 radical (unpaired) electrons. The zero-order valence-corrected chi connectivity index (χ0v) is 10.4. The molecule has 0 saturated heterocycles. The van der Waals surface area contributed by atoms with Gasteiger partial charge in [-0.3, -0.25) is 5.32 Å². The number of aromatic nitrogens is 1. The van der Waals surface area contributed by atoms with E-state index >= 15 is 0 Å². The van der Waals surface area contributed by atoms with E-state index in [4.69, 9.17) is 0 Å². The largest absolute Gasteiger partial charge is 0.392 e. The summed E-state index contributed by atoms with van der Waals surface area (Å²) in [6, 6.07) is 5.08. The molecule has 1 heterocycles. The zero-order valence-electron chi connectivity index (χ0n) is 10.4. The minimum Gasteiger partial charge on any atom is -0.392 e. The molecular weight excluding hydrogens is 218 g/mol. The first kappa shape index (κ1) is 13.4. The lowest BCUT2D eigenvalue weighted by atomic mass is 10.3. The molecule has 1 atom stereocenters. The van der Waals surface area contributed by atoms with Crippen molar-refractivity contribution in [1.29, 1.82) is 0 Å². The van der Waals surface area contributed by atoms with Gasteiger partial charge in [0.15, 0.2) is 0 Å². The highest BCUT2D eigenvalue weighted by atomic mass is 16.3. The summed E-state index contributed by atoms with van der Waals surface area (Å²) >= 11 is 0. The summed E-state index contributed by atoms with van der Waals surface area (Å²) in [6.45, 7) is 5.76. The molecule has 0 saturated carbocycles. The number of anilines is 1. The van der Waals surface area contributed by atoms with Gasteiger partial charge in [-0.05, 0) is 32.9 Å². The van der Waals surface area contributed by atoms with Crippen molar-refractivity contribution in [3.05, 3.63) is 24.4 Å². The predicted octanol–water partition coefficient (Wildman–Crippen LogP) is 1.70. The summed E-state index contributed by atoms with van der Waals surface area (Å²) < 4.78 is 0. The SMILES string of the molecule is CC(O)CN(C(=O)Nc1ccccn1)C(C)C. The monoisotopic (exact) mass is 237 g/mol. The molecule has 0 aromatic carbocycles. The summed E-state index contributed by atoms with van der Waals surface area (Å²) in [5.74, 6) is 0.508. The van der Waals surface area contributed by atoms with Crippen molar-refractivity contribution in [3.63, 3.8) is 0 Å². The summed E-state index contributed by atoms with van der Waals surface area (Å²) in [5, 5.41) is 12.0. The van der Waals surface area contributed by atoms with Gasteiger partial charge in [0, 0.05) is 18.8 Å². The lowest BCUT2D eigenvalue weighted by molar-refractivity contribution is 0.125. The van der Waals surface area contributed by atoms with Crippen LogP contribution in [0.15, 0.2) is 24.4 Å². The van der Waals surface area contributed by atoms with Gasteiger partial charge in [-0.1, -0.05) is 6.07 Å². The highest BCUT2D eigenvalue weighted by Gasteiger charge is 2.18. The van der Waals surface area contributed by atoms with E-state index in [-0.39, 0.29) is 12.1 Å². The second-order valence-electron chi connectivity index (χ2n) is 4.24. The Morgan fingerprint density at radius 1 is 1.47 bits per heavy atom. The van der Waals surface area contributed by atoms with Crippen molar-refractivity contribution in [3.8, 4) is 0 Å². The zero-order chi connectivity index (χ0) is 12.8. The van der Waals surface area contributed by atoms with Gasteiger partial charge in [-0.2, -0.15) is 0 Å². The van der Waals surface area contributed by atoms with Crippen molar-refractivity contribution in [2.75, 3.05) is 11.9 Å². The van der Waals surface area contributed by atoms with Gasteiger partial charge in [-0.25, -0.2) is 9.78 Å². The van der Waals surface area contributed by atoms with Crippen LogP contribution in [0.4, 0.5) is 10.6 Å².